The normalized spacial score (nSPS) is 20.9. The molecule has 1 saturated heterocycles. The van der Waals surface area contributed by atoms with Crippen molar-refractivity contribution in [2.75, 3.05) is 25.5 Å². The fourth-order valence-corrected chi connectivity index (χ4v) is 1.96. The predicted octanol–water partition coefficient (Wildman–Crippen LogP) is 0.896. The van der Waals surface area contributed by atoms with Gasteiger partial charge in [0.25, 0.3) is 0 Å². The molecule has 1 fully saturated rings. The lowest BCUT2D eigenvalue weighted by Gasteiger charge is -2.15. The maximum atomic E-state index is 10.9. The molecule has 1 atom stereocenters. The Bertz CT molecular complexity index is 395. The van der Waals surface area contributed by atoms with Crippen molar-refractivity contribution in [2.45, 2.75) is 12.5 Å². The van der Waals surface area contributed by atoms with Crippen LogP contribution in [0.2, 0.25) is 0 Å². The van der Waals surface area contributed by atoms with E-state index < -0.39 is 5.97 Å². The molecule has 0 radical (unpaired) electrons. The first kappa shape index (κ1) is 10.9. The zero-order valence-corrected chi connectivity index (χ0v) is 9.18. The summed E-state index contributed by atoms with van der Waals surface area (Å²) in [4.78, 5) is 17.0. The average Bonchev–Trinajstić information content (AvgIpc) is 2.64. The van der Waals surface area contributed by atoms with Crippen molar-refractivity contribution in [3.63, 3.8) is 0 Å². The molecule has 86 valence electrons. The molecule has 5 nitrogen and oxygen atoms in total. The van der Waals surface area contributed by atoms with Gasteiger partial charge in [0.15, 0.2) is 5.69 Å². The van der Waals surface area contributed by atoms with Crippen LogP contribution in [0.4, 0.5) is 5.69 Å². The van der Waals surface area contributed by atoms with E-state index >= 15 is 0 Å². The van der Waals surface area contributed by atoms with E-state index in [0.29, 0.717) is 11.7 Å². The molecule has 0 aliphatic carbocycles. The van der Waals surface area contributed by atoms with Crippen molar-refractivity contribution >= 4 is 11.7 Å². The smallest absolute Gasteiger partial charge is 0.356 e. The largest absolute Gasteiger partial charge is 0.476 e. The summed E-state index contributed by atoms with van der Waals surface area (Å²) in [6.07, 6.45) is 2.53. The monoisotopic (exact) mass is 221 g/mol. The van der Waals surface area contributed by atoms with Gasteiger partial charge in [-0.2, -0.15) is 0 Å². The first-order valence-electron chi connectivity index (χ1n) is 5.30. The van der Waals surface area contributed by atoms with Gasteiger partial charge in [-0.3, -0.25) is 0 Å². The van der Waals surface area contributed by atoms with Crippen LogP contribution in [0.15, 0.2) is 18.3 Å². The lowest BCUT2D eigenvalue weighted by atomic mass is 10.2. The van der Waals surface area contributed by atoms with Crippen molar-refractivity contribution in [2.24, 2.45) is 0 Å². The number of likely N-dealkylation sites (tertiary alicyclic amines) is 1. The van der Waals surface area contributed by atoms with E-state index in [1.54, 1.807) is 12.1 Å². The molecule has 0 amide bonds. The number of aromatic nitrogens is 1. The fraction of sp³-hybridized carbons (Fsp3) is 0.455. The molecule has 1 aromatic rings. The highest BCUT2D eigenvalue weighted by atomic mass is 16.4. The standard InChI is InChI=1S/C11H15N3O2/c1-14-6-4-8(7-14)13-9-3-2-5-12-10(9)11(15)16/h2-3,5,8,13H,4,6-7H2,1H3,(H,15,16). The van der Waals surface area contributed by atoms with Gasteiger partial charge in [0, 0.05) is 18.8 Å². The SMILES string of the molecule is CN1CCC(Nc2cccnc2C(=O)O)C1. The van der Waals surface area contributed by atoms with Gasteiger partial charge in [-0.1, -0.05) is 0 Å². The number of carbonyl (C=O) groups is 1. The van der Waals surface area contributed by atoms with E-state index in [1.165, 1.54) is 6.20 Å². The van der Waals surface area contributed by atoms with E-state index in [9.17, 15) is 4.79 Å². The number of pyridine rings is 1. The van der Waals surface area contributed by atoms with Gasteiger partial charge in [0.1, 0.15) is 0 Å². The van der Waals surface area contributed by atoms with Crippen LogP contribution in [0.1, 0.15) is 16.9 Å². The molecule has 1 unspecified atom stereocenters. The minimum atomic E-state index is -0.991. The second kappa shape index (κ2) is 4.49. The molecule has 2 heterocycles. The highest BCUT2D eigenvalue weighted by Gasteiger charge is 2.21. The molecular weight excluding hydrogens is 206 g/mol. The summed E-state index contributed by atoms with van der Waals surface area (Å²) < 4.78 is 0. The van der Waals surface area contributed by atoms with E-state index in [4.69, 9.17) is 5.11 Å². The lowest BCUT2D eigenvalue weighted by molar-refractivity contribution is 0.0691. The zero-order valence-electron chi connectivity index (χ0n) is 9.18. The van der Waals surface area contributed by atoms with E-state index in [0.717, 1.165) is 19.5 Å². The van der Waals surface area contributed by atoms with Gasteiger partial charge in [0.05, 0.1) is 5.69 Å². The molecule has 2 N–H and O–H groups in total. The Morgan fingerprint density at radius 2 is 2.50 bits per heavy atom. The summed E-state index contributed by atoms with van der Waals surface area (Å²) in [6.45, 7) is 1.98. The average molecular weight is 221 g/mol. The van der Waals surface area contributed by atoms with Crippen molar-refractivity contribution in [1.29, 1.82) is 0 Å². The van der Waals surface area contributed by atoms with Crippen LogP contribution in [0, 0.1) is 0 Å². The summed E-state index contributed by atoms with van der Waals surface area (Å²) in [7, 11) is 2.06. The van der Waals surface area contributed by atoms with E-state index in [2.05, 4.69) is 22.2 Å². The molecule has 5 heteroatoms. The number of anilines is 1. The van der Waals surface area contributed by atoms with Crippen LogP contribution in [-0.2, 0) is 0 Å². The quantitative estimate of drug-likeness (QED) is 0.793. The van der Waals surface area contributed by atoms with Crippen LogP contribution < -0.4 is 5.32 Å². The molecule has 0 aromatic carbocycles. The van der Waals surface area contributed by atoms with Crippen molar-refractivity contribution in [1.82, 2.24) is 9.88 Å². The second-order valence-electron chi connectivity index (χ2n) is 4.10. The third kappa shape index (κ3) is 2.30. The maximum absolute atomic E-state index is 10.9. The summed E-state index contributed by atoms with van der Waals surface area (Å²) in [6, 6.07) is 3.81. The van der Waals surface area contributed by atoms with Crippen LogP contribution >= 0.6 is 0 Å². The molecule has 0 bridgehead atoms. The van der Waals surface area contributed by atoms with Crippen molar-refractivity contribution in [3.8, 4) is 0 Å². The number of rotatable bonds is 3. The molecule has 1 aliphatic rings. The van der Waals surface area contributed by atoms with Crippen LogP contribution in [0.3, 0.4) is 0 Å². The summed E-state index contributed by atoms with van der Waals surface area (Å²) in [5.74, 6) is -0.991. The number of hydrogen-bond acceptors (Lipinski definition) is 4. The molecular formula is C11H15N3O2. The van der Waals surface area contributed by atoms with Crippen LogP contribution in [0.25, 0.3) is 0 Å². The minimum absolute atomic E-state index is 0.0945. The Morgan fingerprint density at radius 3 is 3.12 bits per heavy atom. The third-order valence-corrected chi connectivity index (χ3v) is 2.76. The van der Waals surface area contributed by atoms with Gasteiger partial charge >= 0.3 is 5.97 Å². The van der Waals surface area contributed by atoms with E-state index in [-0.39, 0.29) is 5.69 Å². The first-order valence-corrected chi connectivity index (χ1v) is 5.30. The number of aromatic carboxylic acids is 1. The Kier molecular flexibility index (Phi) is 3.05. The predicted molar refractivity (Wildman–Crippen MR) is 60.7 cm³/mol. The summed E-state index contributed by atoms with van der Waals surface area (Å²) in [5.41, 5.74) is 0.701. The van der Waals surface area contributed by atoms with E-state index in [1.807, 2.05) is 0 Å². The van der Waals surface area contributed by atoms with Crippen LogP contribution in [0.5, 0.6) is 0 Å². The number of carboxylic acid groups (broad SMARTS) is 1. The van der Waals surface area contributed by atoms with Gasteiger partial charge in [-0.15, -0.1) is 0 Å². The molecule has 1 aliphatic heterocycles. The molecule has 1 aromatic heterocycles. The van der Waals surface area contributed by atoms with Crippen molar-refractivity contribution in [3.05, 3.63) is 24.0 Å². The minimum Gasteiger partial charge on any atom is -0.476 e. The topological polar surface area (TPSA) is 65.5 Å². The van der Waals surface area contributed by atoms with Gasteiger partial charge in [0.2, 0.25) is 0 Å². The maximum Gasteiger partial charge on any atom is 0.356 e. The highest BCUT2D eigenvalue weighted by Crippen LogP contribution is 2.17. The Balaban J connectivity index is 2.12. The second-order valence-corrected chi connectivity index (χ2v) is 4.10. The zero-order chi connectivity index (χ0) is 11.5. The molecule has 2 rings (SSSR count). The van der Waals surface area contributed by atoms with Crippen LogP contribution in [-0.4, -0.2) is 47.1 Å². The number of carboxylic acids is 1. The summed E-state index contributed by atoms with van der Waals surface area (Å²) in [5, 5.41) is 12.2. The van der Waals surface area contributed by atoms with Gasteiger partial charge in [-0.25, -0.2) is 9.78 Å². The fourth-order valence-electron chi connectivity index (χ4n) is 1.96. The molecule has 0 spiro atoms. The Hall–Kier alpha value is -1.62. The third-order valence-electron chi connectivity index (χ3n) is 2.76. The first-order chi connectivity index (χ1) is 7.66. The Labute approximate surface area is 94.1 Å². The summed E-state index contributed by atoms with van der Waals surface area (Å²) >= 11 is 0. The molecule has 16 heavy (non-hydrogen) atoms. The number of nitrogens with zero attached hydrogens (tertiary/aromatic N) is 2. The molecule has 0 saturated carbocycles. The van der Waals surface area contributed by atoms with Gasteiger partial charge < -0.3 is 15.3 Å². The lowest BCUT2D eigenvalue weighted by Crippen LogP contribution is -2.24. The van der Waals surface area contributed by atoms with Gasteiger partial charge in [-0.05, 0) is 32.1 Å². The number of nitrogens with one attached hydrogen (secondary N) is 1. The number of hydrogen-bond donors (Lipinski definition) is 2. The van der Waals surface area contributed by atoms with Crippen molar-refractivity contribution < 1.29 is 9.90 Å². The number of likely N-dealkylation sites (N-methyl/N-ethyl adjacent to an activating group) is 1. The Morgan fingerprint density at radius 1 is 1.69 bits per heavy atom. The highest BCUT2D eigenvalue weighted by molar-refractivity contribution is 5.91.